The molecule has 4 heteroatoms. The zero-order chi connectivity index (χ0) is 19.4. The number of ether oxygens (including phenoxy) is 2. The monoisotopic (exact) mass is 366 g/mol. The molecule has 0 unspecified atom stereocenters. The molecule has 0 aliphatic carbocycles. The van der Waals surface area contributed by atoms with Crippen LogP contribution in [0, 0.1) is 6.92 Å². The van der Waals surface area contributed by atoms with Crippen molar-refractivity contribution < 1.29 is 18.7 Å². The summed E-state index contributed by atoms with van der Waals surface area (Å²) in [5.41, 5.74) is 3.93. The highest BCUT2D eigenvalue weighted by Gasteiger charge is 2.12. The molecule has 0 atom stereocenters. The van der Waals surface area contributed by atoms with Crippen LogP contribution in [0.3, 0.4) is 0 Å². The van der Waals surface area contributed by atoms with E-state index in [1.165, 1.54) is 0 Å². The number of aryl methyl sites for hydroxylation is 1. The molecule has 0 bridgehead atoms. The Kier molecular flexibility index (Phi) is 5.84. The van der Waals surface area contributed by atoms with Crippen LogP contribution in [0.5, 0.6) is 5.75 Å². The van der Waals surface area contributed by atoms with Crippen LogP contribution in [-0.2, 0) is 22.6 Å². The SMILES string of the molecule is CCOC(=O)Cc1ccccc1OCc1cc(C)c2oc(C(C)C)cc2c1. The zero-order valence-electron chi connectivity index (χ0n) is 16.4. The van der Waals surface area contributed by atoms with E-state index >= 15 is 0 Å². The summed E-state index contributed by atoms with van der Waals surface area (Å²) in [5.74, 6) is 1.81. The Morgan fingerprint density at radius 2 is 1.93 bits per heavy atom. The van der Waals surface area contributed by atoms with E-state index in [0.29, 0.717) is 24.9 Å². The Balaban J connectivity index is 1.78. The number of rotatable bonds is 7. The first kappa shape index (κ1) is 19.0. The summed E-state index contributed by atoms with van der Waals surface area (Å²) in [5, 5.41) is 1.09. The summed E-state index contributed by atoms with van der Waals surface area (Å²) in [6, 6.07) is 13.9. The van der Waals surface area contributed by atoms with Crippen LogP contribution in [0.4, 0.5) is 0 Å². The average Bonchev–Trinajstić information content (AvgIpc) is 3.06. The highest BCUT2D eigenvalue weighted by atomic mass is 16.5. The minimum absolute atomic E-state index is 0.210. The van der Waals surface area contributed by atoms with Crippen molar-refractivity contribution in [1.29, 1.82) is 0 Å². The van der Waals surface area contributed by atoms with Gasteiger partial charge in [-0.25, -0.2) is 0 Å². The van der Waals surface area contributed by atoms with Crippen molar-refractivity contribution in [3.05, 3.63) is 64.9 Å². The molecule has 3 aromatic rings. The van der Waals surface area contributed by atoms with E-state index < -0.39 is 0 Å². The number of para-hydroxylation sites is 1. The van der Waals surface area contributed by atoms with Crippen LogP contribution < -0.4 is 4.74 Å². The number of benzene rings is 2. The fraction of sp³-hybridized carbons (Fsp3) is 0.348. The number of fused-ring (bicyclic) bond motifs is 1. The third-order valence-electron chi connectivity index (χ3n) is 4.46. The zero-order valence-corrected chi connectivity index (χ0v) is 16.4. The van der Waals surface area contributed by atoms with Crippen molar-refractivity contribution in [1.82, 2.24) is 0 Å². The van der Waals surface area contributed by atoms with Crippen LogP contribution in [0.2, 0.25) is 0 Å². The van der Waals surface area contributed by atoms with Gasteiger partial charge in [0.25, 0.3) is 0 Å². The fourth-order valence-electron chi connectivity index (χ4n) is 3.11. The maximum atomic E-state index is 11.8. The molecule has 0 spiro atoms. The smallest absolute Gasteiger partial charge is 0.310 e. The van der Waals surface area contributed by atoms with Gasteiger partial charge in [-0.3, -0.25) is 4.79 Å². The second kappa shape index (κ2) is 8.30. The van der Waals surface area contributed by atoms with Crippen molar-refractivity contribution in [2.24, 2.45) is 0 Å². The third kappa shape index (κ3) is 4.51. The topological polar surface area (TPSA) is 48.7 Å². The first-order chi connectivity index (χ1) is 13.0. The Bertz CT molecular complexity index is 937. The van der Waals surface area contributed by atoms with E-state index in [1.807, 2.05) is 31.2 Å². The maximum absolute atomic E-state index is 11.8. The van der Waals surface area contributed by atoms with Gasteiger partial charge in [-0.15, -0.1) is 0 Å². The predicted molar refractivity (Wildman–Crippen MR) is 106 cm³/mol. The number of furan rings is 1. The quantitative estimate of drug-likeness (QED) is 0.514. The van der Waals surface area contributed by atoms with Gasteiger partial charge in [0.05, 0.1) is 13.0 Å². The van der Waals surface area contributed by atoms with Gasteiger partial charge in [0.1, 0.15) is 23.7 Å². The normalized spacial score (nSPS) is 11.1. The summed E-state index contributed by atoms with van der Waals surface area (Å²) in [4.78, 5) is 11.8. The van der Waals surface area contributed by atoms with Gasteiger partial charge in [0.15, 0.2) is 0 Å². The molecule has 4 nitrogen and oxygen atoms in total. The lowest BCUT2D eigenvalue weighted by Crippen LogP contribution is -2.09. The predicted octanol–water partition coefficient (Wildman–Crippen LogP) is 5.55. The molecule has 0 saturated heterocycles. The first-order valence-electron chi connectivity index (χ1n) is 9.37. The minimum atomic E-state index is -0.245. The molecular weight excluding hydrogens is 340 g/mol. The summed E-state index contributed by atoms with van der Waals surface area (Å²) in [6.07, 6.45) is 0.210. The highest BCUT2D eigenvalue weighted by molar-refractivity contribution is 5.82. The molecule has 1 aromatic heterocycles. The maximum Gasteiger partial charge on any atom is 0.310 e. The summed E-state index contributed by atoms with van der Waals surface area (Å²) in [6.45, 7) is 8.91. The van der Waals surface area contributed by atoms with Gasteiger partial charge < -0.3 is 13.9 Å². The summed E-state index contributed by atoms with van der Waals surface area (Å²) < 4.78 is 17.0. The Morgan fingerprint density at radius 3 is 2.67 bits per heavy atom. The number of carbonyl (C=O) groups is 1. The lowest BCUT2D eigenvalue weighted by atomic mass is 10.1. The number of hydrogen-bond donors (Lipinski definition) is 0. The van der Waals surface area contributed by atoms with Crippen LogP contribution in [0.1, 0.15) is 49.1 Å². The lowest BCUT2D eigenvalue weighted by Gasteiger charge is -2.12. The van der Waals surface area contributed by atoms with Crippen LogP contribution in [0.15, 0.2) is 46.9 Å². The van der Waals surface area contributed by atoms with Gasteiger partial charge in [0, 0.05) is 16.9 Å². The van der Waals surface area contributed by atoms with E-state index in [2.05, 4.69) is 32.0 Å². The number of esters is 1. The molecule has 0 aliphatic rings. The van der Waals surface area contributed by atoms with Crippen LogP contribution >= 0.6 is 0 Å². The molecule has 1 heterocycles. The van der Waals surface area contributed by atoms with E-state index in [1.54, 1.807) is 6.92 Å². The third-order valence-corrected chi connectivity index (χ3v) is 4.46. The van der Waals surface area contributed by atoms with Crippen molar-refractivity contribution >= 4 is 16.9 Å². The molecule has 0 fully saturated rings. The fourth-order valence-corrected chi connectivity index (χ4v) is 3.11. The Labute approximate surface area is 160 Å². The first-order valence-corrected chi connectivity index (χ1v) is 9.37. The number of carbonyl (C=O) groups excluding carboxylic acids is 1. The standard InChI is InChI=1S/C23H26O4/c1-5-25-22(24)13-18-8-6-7-9-20(18)26-14-17-10-16(4)23-19(11-17)12-21(27-23)15(2)3/h6-12,15H,5,13-14H2,1-4H3. The Hall–Kier alpha value is -2.75. The van der Waals surface area contributed by atoms with Gasteiger partial charge >= 0.3 is 5.97 Å². The molecule has 3 rings (SSSR count). The second-order valence-electron chi connectivity index (χ2n) is 7.01. The summed E-state index contributed by atoms with van der Waals surface area (Å²) >= 11 is 0. The molecule has 0 amide bonds. The molecule has 0 saturated carbocycles. The van der Waals surface area contributed by atoms with E-state index in [0.717, 1.165) is 33.4 Å². The van der Waals surface area contributed by atoms with Gasteiger partial charge in [-0.2, -0.15) is 0 Å². The van der Waals surface area contributed by atoms with E-state index in [-0.39, 0.29) is 12.4 Å². The van der Waals surface area contributed by atoms with Crippen molar-refractivity contribution in [3.63, 3.8) is 0 Å². The highest BCUT2D eigenvalue weighted by Crippen LogP contribution is 2.29. The summed E-state index contributed by atoms with van der Waals surface area (Å²) in [7, 11) is 0. The van der Waals surface area contributed by atoms with E-state index in [4.69, 9.17) is 13.9 Å². The Morgan fingerprint density at radius 1 is 1.15 bits per heavy atom. The molecular formula is C23H26O4. The van der Waals surface area contributed by atoms with Gasteiger partial charge in [-0.05, 0) is 49.2 Å². The van der Waals surface area contributed by atoms with E-state index in [9.17, 15) is 4.79 Å². The second-order valence-corrected chi connectivity index (χ2v) is 7.01. The molecule has 2 aromatic carbocycles. The van der Waals surface area contributed by atoms with Gasteiger partial charge in [-0.1, -0.05) is 32.0 Å². The van der Waals surface area contributed by atoms with Crippen molar-refractivity contribution in [2.45, 2.75) is 46.6 Å². The molecule has 0 N–H and O–H groups in total. The minimum Gasteiger partial charge on any atom is -0.489 e. The van der Waals surface area contributed by atoms with Gasteiger partial charge in [0.2, 0.25) is 0 Å². The largest absolute Gasteiger partial charge is 0.489 e. The molecule has 0 aliphatic heterocycles. The molecule has 142 valence electrons. The molecule has 0 radical (unpaired) electrons. The lowest BCUT2D eigenvalue weighted by molar-refractivity contribution is -0.142. The molecule has 27 heavy (non-hydrogen) atoms. The van der Waals surface area contributed by atoms with Crippen LogP contribution in [0.25, 0.3) is 11.0 Å². The van der Waals surface area contributed by atoms with Crippen molar-refractivity contribution in [2.75, 3.05) is 6.61 Å². The van der Waals surface area contributed by atoms with Crippen molar-refractivity contribution in [3.8, 4) is 5.75 Å². The average molecular weight is 366 g/mol. The number of hydrogen-bond acceptors (Lipinski definition) is 4. The van der Waals surface area contributed by atoms with Crippen LogP contribution in [-0.4, -0.2) is 12.6 Å².